The van der Waals surface area contributed by atoms with Crippen LogP contribution < -0.4 is 5.32 Å². The third-order valence-electron chi connectivity index (χ3n) is 2.89. The monoisotopic (exact) mass is 247 g/mol. The first-order valence-corrected chi connectivity index (χ1v) is 6.41. The Hall–Kier alpha value is -0.160. The Morgan fingerprint density at radius 3 is 2.41 bits per heavy atom. The fourth-order valence-electron chi connectivity index (χ4n) is 1.52. The first-order chi connectivity index (χ1) is 8.05. The van der Waals surface area contributed by atoms with Crippen LogP contribution >= 0.6 is 0 Å². The van der Waals surface area contributed by atoms with Crippen LogP contribution in [-0.2, 0) is 14.2 Å². The van der Waals surface area contributed by atoms with E-state index in [9.17, 15) is 0 Å². The summed E-state index contributed by atoms with van der Waals surface area (Å²) < 4.78 is 15.9. The van der Waals surface area contributed by atoms with Crippen LogP contribution in [0.1, 0.15) is 33.6 Å². The summed E-state index contributed by atoms with van der Waals surface area (Å²) >= 11 is 0. The molecule has 1 unspecified atom stereocenters. The largest absolute Gasteiger partial charge is 0.382 e. The second-order valence-electron chi connectivity index (χ2n) is 4.82. The fourth-order valence-corrected chi connectivity index (χ4v) is 1.52. The lowest BCUT2D eigenvalue weighted by atomic mass is 9.99. The van der Waals surface area contributed by atoms with Gasteiger partial charge in [-0.2, -0.15) is 0 Å². The normalized spacial score (nSPS) is 13.9. The molecule has 0 bridgehead atoms. The zero-order valence-electron chi connectivity index (χ0n) is 12.0. The summed E-state index contributed by atoms with van der Waals surface area (Å²) in [5, 5.41) is 3.43. The molecule has 0 saturated heterocycles. The molecule has 0 saturated carbocycles. The molecule has 0 rings (SSSR count). The number of methoxy groups -OCH3 is 2. The van der Waals surface area contributed by atoms with Crippen molar-refractivity contribution in [2.45, 2.75) is 45.3 Å². The van der Waals surface area contributed by atoms with Gasteiger partial charge in [-0.05, 0) is 33.2 Å². The van der Waals surface area contributed by atoms with Crippen LogP contribution in [0.5, 0.6) is 0 Å². The highest BCUT2D eigenvalue weighted by Gasteiger charge is 2.18. The van der Waals surface area contributed by atoms with E-state index in [1.807, 2.05) is 0 Å². The molecule has 0 amide bonds. The van der Waals surface area contributed by atoms with Crippen molar-refractivity contribution >= 4 is 0 Å². The zero-order valence-corrected chi connectivity index (χ0v) is 12.0. The molecule has 0 aromatic heterocycles. The van der Waals surface area contributed by atoms with Gasteiger partial charge >= 0.3 is 0 Å². The maximum absolute atomic E-state index is 5.56. The second-order valence-corrected chi connectivity index (χ2v) is 4.82. The van der Waals surface area contributed by atoms with Crippen LogP contribution in [0.2, 0.25) is 0 Å². The van der Waals surface area contributed by atoms with Crippen molar-refractivity contribution in [3.63, 3.8) is 0 Å². The van der Waals surface area contributed by atoms with Gasteiger partial charge in [-0.1, -0.05) is 6.92 Å². The van der Waals surface area contributed by atoms with E-state index < -0.39 is 0 Å². The van der Waals surface area contributed by atoms with E-state index in [1.165, 1.54) is 0 Å². The van der Waals surface area contributed by atoms with E-state index in [-0.39, 0.29) is 5.60 Å². The van der Waals surface area contributed by atoms with E-state index in [0.29, 0.717) is 19.3 Å². The smallest absolute Gasteiger partial charge is 0.0701 e. The third-order valence-corrected chi connectivity index (χ3v) is 2.89. The van der Waals surface area contributed by atoms with Gasteiger partial charge in [0.2, 0.25) is 0 Å². The second kappa shape index (κ2) is 9.83. The molecule has 0 aliphatic rings. The topological polar surface area (TPSA) is 39.7 Å². The van der Waals surface area contributed by atoms with Gasteiger partial charge in [-0.25, -0.2) is 0 Å². The molecule has 17 heavy (non-hydrogen) atoms. The van der Waals surface area contributed by atoms with Gasteiger partial charge in [-0.3, -0.25) is 0 Å². The van der Waals surface area contributed by atoms with Crippen molar-refractivity contribution in [2.75, 3.05) is 40.6 Å². The molecule has 0 aliphatic carbocycles. The Kier molecular flexibility index (Phi) is 9.74. The summed E-state index contributed by atoms with van der Waals surface area (Å²) in [5.74, 6) is 0. The number of hydrogen-bond donors (Lipinski definition) is 1. The summed E-state index contributed by atoms with van der Waals surface area (Å²) in [7, 11) is 3.45. The van der Waals surface area contributed by atoms with Crippen LogP contribution in [0.25, 0.3) is 0 Å². The van der Waals surface area contributed by atoms with Crippen LogP contribution in [0, 0.1) is 0 Å². The highest BCUT2D eigenvalue weighted by atomic mass is 16.5. The zero-order chi connectivity index (χ0) is 13.1. The van der Waals surface area contributed by atoms with Gasteiger partial charge in [0.25, 0.3) is 0 Å². The number of nitrogens with one attached hydrogen (secondary N) is 1. The minimum absolute atomic E-state index is 0.0554. The maximum atomic E-state index is 5.56. The van der Waals surface area contributed by atoms with Crippen LogP contribution in [0.3, 0.4) is 0 Å². The number of ether oxygens (including phenoxy) is 3. The standard InChI is InChI=1S/C13H29NO3/c1-6-14-12(11-17-10-9-15-4)7-8-13(2,3)16-5/h12,14H,6-11H2,1-5H3. The highest BCUT2D eigenvalue weighted by Crippen LogP contribution is 2.16. The molecule has 1 N–H and O–H groups in total. The Balaban J connectivity index is 3.81. The van der Waals surface area contributed by atoms with Gasteiger partial charge in [-0.15, -0.1) is 0 Å². The number of hydrogen-bond acceptors (Lipinski definition) is 4. The molecule has 0 aromatic carbocycles. The average Bonchev–Trinajstić information content (AvgIpc) is 2.31. The minimum Gasteiger partial charge on any atom is -0.382 e. The van der Waals surface area contributed by atoms with E-state index in [4.69, 9.17) is 14.2 Å². The average molecular weight is 247 g/mol. The van der Waals surface area contributed by atoms with Gasteiger partial charge in [0.1, 0.15) is 0 Å². The number of likely N-dealkylation sites (N-methyl/N-ethyl adjacent to an activating group) is 1. The van der Waals surface area contributed by atoms with E-state index >= 15 is 0 Å². The molecule has 104 valence electrons. The quantitative estimate of drug-likeness (QED) is 0.565. The van der Waals surface area contributed by atoms with Gasteiger partial charge in [0.15, 0.2) is 0 Å². The SMILES string of the molecule is CCNC(CCC(C)(C)OC)COCCOC. The predicted molar refractivity (Wildman–Crippen MR) is 70.5 cm³/mol. The van der Waals surface area contributed by atoms with E-state index in [2.05, 4.69) is 26.1 Å². The molecule has 0 aliphatic heterocycles. The van der Waals surface area contributed by atoms with Crippen molar-refractivity contribution in [2.24, 2.45) is 0 Å². The van der Waals surface area contributed by atoms with Crippen molar-refractivity contribution in [1.82, 2.24) is 5.32 Å². The van der Waals surface area contributed by atoms with Crippen molar-refractivity contribution in [1.29, 1.82) is 0 Å². The summed E-state index contributed by atoms with van der Waals surface area (Å²) in [6.45, 7) is 9.35. The summed E-state index contributed by atoms with van der Waals surface area (Å²) in [6.07, 6.45) is 2.08. The molecular formula is C13H29NO3. The molecule has 4 nitrogen and oxygen atoms in total. The maximum Gasteiger partial charge on any atom is 0.0701 e. The van der Waals surface area contributed by atoms with Crippen LogP contribution in [0.15, 0.2) is 0 Å². The lowest BCUT2D eigenvalue weighted by molar-refractivity contribution is 0.00621. The molecule has 1 atom stereocenters. The van der Waals surface area contributed by atoms with Crippen molar-refractivity contribution in [3.05, 3.63) is 0 Å². The highest BCUT2D eigenvalue weighted by molar-refractivity contribution is 4.74. The third kappa shape index (κ3) is 9.53. The molecule has 0 radical (unpaired) electrons. The molecule has 0 heterocycles. The lowest BCUT2D eigenvalue weighted by Gasteiger charge is -2.26. The molecule has 0 fully saturated rings. The van der Waals surface area contributed by atoms with Gasteiger partial charge in [0, 0.05) is 20.3 Å². The summed E-state index contributed by atoms with van der Waals surface area (Å²) in [6, 6.07) is 0.395. The van der Waals surface area contributed by atoms with Crippen LogP contribution in [0.4, 0.5) is 0 Å². The van der Waals surface area contributed by atoms with Gasteiger partial charge in [0.05, 0.1) is 25.4 Å². The molecule has 4 heteroatoms. The van der Waals surface area contributed by atoms with E-state index in [1.54, 1.807) is 14.2 Å². The lowest BCUT2D eigenvalue weighted by Crippen LogP contribution is -2.36. The fraction of sp³-hybridized carbons (Fsp3) is 1.00. The number of rotatable bonds is 11. The molecule has 0 spiro atoms. The molecule has 0 aromatic rings. The Morgan fingerprint density at radius 1 is 1.18 bits per heavy atom. The van der Waals surface area contributed by atoms with Gasteiger partial charge < -0.3 is 19.5 Å². The molecular weight excluding hydrogens is 218 g/mol. The first-order valence-electron chi connectivity index (χ1n) is 6.41. The first kappa shape index (κ1) is 16.8. The Bertz CT molecular complexity index is 174. The Labute approximate surface area is 106 Å². The van der Waals surface area contributed by atoms with Crippen LogP contribution in [-0.4, -0.2) is 52.2 Å². The van der Waals surface area contributed by atoms with E-state index in [0.717, 1.165) is 26.0 Å². The Morgan fingerprint density at radius 2 is 1.88 bits per heavy atom. The summed E-state index contributed by atoms with van der Waals surface area (Å²) in [4.78, 5) is 0. The van der Waals surface area contributed by atoms with Crippen molar-refractivity contribution < 1.29 is 14.2 Å². The summed E-state index contributed by atoms with van der Waals surface area (Å²) in [5.41, 5.74) is -0.0554. The van der Waals surface area contributed by atoms with Crippen molar-refractivity contribution in [3.8, 4) is 0 Å². The predicted octanol–water partition coefficient (Wildman–Crippen LogP) is 1.83. The minimum atomic E-state index is -0.0554.